The Morgan fingerprint density at radius 1 is 1.50 bits per heavy atom. The highest BCUT2D eigenvalue weighted by molar-refractivity contribution is 5.94. The molecule has 0 unspecified atom stereocenters. The van der Waals surface area contributed by atoms with Gasteiger partial charge >= 0.3 is 6.03 Å². The van der Waals surface area contributed by atoms with Gasteiger partial charge in [0.2, 0.25) is 5.91 Å². The molecule has 0 aliphatic carbocycles. The van der Waals surface area contributed by atoms with Crippen LogP contribution >= 0.6 is 0 Å². The van der Waals surface area contributed by atoms with Crippen molar-refractivity contribution in [1.29, 1.82) is 5.26 Å². The van der Waals surface area contributed by atoms with Crippen molar-refractivity contribution in [1.82, 2.24) is 15.2 Å². The topological polar surface area (TPSA) is 98.1 Å². The summed E-state index contributed by atoms with van der Waals surface area (Å²) in [5, 5.41) is 14.1. The third kappa shape index (κ3) is 3.62. The number of hydrogen-bond donors (Lipinski definition) is 2. The molecule has 2 heterocycles. The van der Waals surface area contributed by atoms with Gasteiger partial charge in [0.25, 0.3) is 0 Å². The van der Waals surface area contributed by atoms with E-state index in [9.17, 15) is 14.0 Å². The summed E-state index contributed by atoms with van der Waals surface area (Å²) < 4.78 is 14.0. The molecule has 7 nitrogen and oxygen atoms in total. The smallest absolute Gasteiger partial charge is 0.322 e. The Labute approximate surface area is 149 Å². The fourth-order valence-electron chi connectivity index (χ4n) is 2.76. The van der Waals surface area contributed by atoms with Gasteiger partial charge in [-0.05, 0) is 25.1 Å². The normalized spacial score (nSPS) is 14.0. The minimum atomic E-state index is -0.600. The maximum atomic E-state index is 14.0. The molecule has 0 saturated carbocycles. The van der Waals surface area contributed by atoms with Crippen molar-refractivity contribution >= 4 is 17.6 Å². The molecule has 0 radical (unpaired) electrons. The second-order valence-corrected chi connectivity index (χ2v) is 5.96. The molecule has 1 aliphatic heterocycles. The zero-order valence-corrected chi connectivity index (χ0v) is 14.0. The number of carbonyl (C=O) groups is 2. The van der Waals surface area contributed by atoms with Crippen LogP contribution in [0.1, 0.15) is 29.7 Å². The van der Waals surface area contributed by atoms with Crippen LogP contribution in [0, 0.1) is 17.1 Å². The Kier molecular flexibility index (Phi) is 4.80. The highest BCUT2D eigenvalue weighted by Gasteiger charge is 2.25. The monoisotopic (exact) mass is 353 g/mol. The summed E-state index contributed by atoms with van der Waals surface area (Å²) in [6.07, 6.45) is 3.21. The lowest BCUT2D eigenvalue weighted by molar-refractivity contribution is -0.122. The van der Waals surface area contributed by atoms with Crippen LogP contribution in [-0.2, 0) is 11.3 Å². The number of nitrogens with one attached hydrogen (secondary N) is 2. The SMILES string of the molecule is C[C@H](NC(=O)CN1Cc2cnccc2NC1=O)c1ccc(C#N)cc1F. The Bertz CT molecular complexity index is 909. The number of fused-ring (bicyclic) bond motifs is 1. The molecular weight excluding hydrogens is 337 g/mol. The van der Waals surface area contributed by atoms with Crippen LogP contribution < -0.4 is 10.6 Å². The van der Waals surface area contributed by atoms with E-state index in [0.29, 0.717) is 5.69 Å². The molecule has 1 aromatic carbocycles. The number of nitriles is 1. The first-order chi connectivity index (χ1) is 12.5. The lowest BCUT2D eigenvalue weighted by Crippen LogP contribution is -2.45. The standard InChI is InChI=1S/C18H16FN5O2/c1-11(14-3-2-12(7-20)6-15(14)19)22-17(25)10-24-9-13-8-21-5-4-16(13)23-18(24)26/h2-6,8,11H,9-10H2,1H3,(H,22,25)(H,23,26)/t11-/m0/s1. The van der Waals surface area contributed by atoms with Gasteiger partial charge in [0.05, 0.1) is 29.9 Å². The molecule has 1 aliphatic rings. The number of anilines is 1. The Balaban J connectivity index is 1.64. The minimum Gasteiger partial charge on any atom is -0.348 e. The van der Waals surface area contributed by atoms with Crippen LogP contribution in [0.2, 0.25) is 0 Å². The summed E-state index contributed by atoms with van der Waals surface area (Å²) in [4.78, 5) is 29.7. The second-order valence-electron chi connectivity index (χ2n) is 5.96. The fourth-order valence-corrected chi connectivity index (χ4v) is 2.76. The van der Waals surface area contributed by atoms with Crippen molar-refractivity contribution in [2.45, 2.75) is 19.5 Å². The molecule has 2 N–H and O–H groups in total. The minimum absolute atomic E-state index is 0.164. The Morgan fingerprint density at radius 3 is 3.04 bits per heavy atom. The van der Waals surface area contributed by atoms with Crippen LogP contribution in [0.5, 0.6) is 0 Å². The third-order valence-electron chi connectivity index (χ3n) is 4.10. The van der Waals surface area contributed by atoms with Crippen LogP contribution in [0.15, 0.2) is 36.7 Å². The number of rotatable bonds is 4. The number of aromatic nitrogens is 1. The average molecular weight is 353 g/mol. The second kappa shape index (κ2) is 7.19. The predicted molar refractivity (Wildman–Crippen MR) is 91.3 cm³/mol. The van der Waals surface area contributed by atoms with E-state index < -0.39 is 17.8 Å². The maximum absolute atomic E-state index is 14.0. The van der Waals surface area contributed by atoms with E-state index in [4.69, 9.17) is 5.26 Å². The van der Waals surface area contributed by atoms with E-state index in [-0.39, 0.29) is 30.2 Å². The summed E-state index contributed by atoms with van der Waals surface area (Å²) >= 11 is 0. The first kappa shape index (κ1) is 17.4. The summed E-state index contributed by atoms with van der Waals surface area (Å²) in [6, 6.07) is 6.66. The lowest BCUT2D eigenvalue weighted by Gasteiger charge is -2.29. The first-order valence-electron chi connectivity index (χ1n) is 7.95. The molecule has 8 heteroatoms. The van der Waals surface area contributed by atoms with Crippen LogP contribution in [-0.4, -0.2) is 28.4 Å². The van der Waals surface area contributed by atoms with E-state index in [1.54, 1.807) is 25.4 Å². The molecule has 1 atom stereocenters. The molecule has 132 valence electrons. The highest BCUT2D eigenvalue weighted by Crippen LogP contribution is 2.22. The van der Waals surface area contributed by atoms with Crippen molar-refractivity contribution < 1.29 is 14.0 Å². The molecule has 0 spiro atoms. The zero-order valence-electron chi connectivity index (χ0n) is 14.0. The number of carbonyl (C=O) groups excluding carboxylic acids is 2. The van der Waals surface area contributed by atoms with Crippen LogP contribution in [0.4, 0.5) is 14.9 Å². The molecule has 1 aromatic heterocycles. The van der Waals surface area contributed by atoms with Crippen molar-refractivity contribution in [2.24, 2.45) is 0 Å². The van der Waals surface area contributed by atoms with Gasteiger partial charge in [-0.25, -0.2) is 9.18 Å². The molecule has 26 heavy (non-hydrogen) atoms. The number of benzene rings is 1. The number of amides is 3. The zero-order chi connectivity index (χ0) is 18.7. The molecule has 0 fully saturated rings. The van der Waals surface area contributed by atoms with Gasteiger partial charge in [0, 0.05) is 23.5 Å². The number of halogens is 1. The Hall–Kier alpha value is -3.47. The van der Waals surface area contributed by atoms with Crippen LogP contribution in [0.3, 0.4) is 0 Å². The molecular formula is C18H16FN5O2. The lowest BCUT2D eigenvalue weighted by atomic mass is 10.1. The van der Waals surface area contributed by atoms with Crippen LogP contribution in [0.25, 0.3) is 0 Å². The van der Waals surface area contributed by atoms with Crippen molar-refractivity contribution in [3.8, 4) is 6.07 Å². The third-order valence-corrected chi connectivity index (χ3v) is 4.10. The predicted octanol–water partition coefficient (Wildman–Crippen LogP) is 2.32. The van der Waals surface area contributed by atoms with Gasteiger partial charge in [-0.1, -0.05) is 6.07 Å². The number of pyridine rings is 1. The molecule has 3 amide bonds. The van der Waals surface area contributed by atoms with Gasteiger partial charge in [-0.3, -0.25) is 9.78 Å². The number of urea groups is 1. The fraction of sp³-hybridized carbons (Fsp3) is 0.222. The van der Waals surface area contributed by atoms with Gasteiger partial charge in [0.15, 0.2) is 0 Å². The average Bonchev–Trinajstić information content (AvgIpc) is 2.62. The highest BCUT2D eigenvalue weighted by atomic mass is 19.1. The number of hydrogen-bond acceptors (Lipinski definition) is 4. The summed E-state index contributed by atoms with van der Waals surface area (Å²) in [5.74, 6) is -0.976. The Morgan fingerprint density at radius 2 is 2.31 bits per heavy atom. The van der Waals surface area contributed by atoms with E-state index >= 15 is 0 Å². The van der Waals surface area contributed by atoms with Gasteiger partial charge in [-0.2, -0.15) is 5.26 Å². The van der Waals surface area contributed by atoms with E-state index in [1.165, 1.54) is 17.0 Å². The maximum Gasteiger partial charge on any atom is 0.322 e. The summed E-state index contributed by atoms with van der Waals surface area (Å²) in [6.45, 7) is 1.74. The largest absolute Gasteiger partial charge is 0.348 e. The molecule has 0 bridgehead atoms. The molecule has 0 saturated heterocycles. The first-order valence-corrected chi connectivity index (χ1v) is 7.95. The molecule has 3 rings (SSSR count). The quantitative estimate of drug-likeness (QED) is 0.881. The number of nitrogens with zero attached hydrogens (tertiary/aromatic N) is 3. The van der Waals surface area contributed by atoms with Crippen molar-refractivity contribution in [3.05, 3.63) is 59.2 Å². The van der Waals surface area contributed by atoms with Gasteiger partial charge < -0.3 is 15.5 Å². The van der Waals surface area contributed by atoms with Gasteiger partial charge in [-0.15, -0.1) is 0 Å². The van der Waals surface area contributed by atoms with E-state index in [1.807, 2.05) is 6.07 Å². The molecule has 2 aromatic rings. The van der Waals surface area contributed by atoms with E-state index in [0.717, 1.165) is 11.6 Å². The summed E-state index contributed by atoms with van der Waals surface area (Å²) in [5.41, 5.74) is 1.97. The van der Waals surface area contributed by atoms with Crippen molar-refractivity contribution in [3.63, 3.8) is 0 Å². The van der Waals surface area contributed by atoms with Gasteiger partial charge in [0.1, 0.15) is 12.4 Å². The summed E-state index contributed by atoms with van der Waals surface area (Å²) in [7, 11) is 0. The van der Waals surface area contributed by atoms with Crippen molar-refractivity contribution in [2.75, 3.05) is 11.9 Å². The van der Waals surface area contributed by atoms with E-state index in [2.05, 4.69) is 15.6 Å².